The van der Waals surface area contributed by atoms with Crippen molar-refractivity contribution in [1.82, 2.24) is 5.32 Å². The topological polar surface area (TPSA) is 106 Å². The Kier molecular flexibility index (Phi) is 5.86. The maximum Gasteiger partial charge on any atom is 0.286 e. The lowest BCUT2D eigenvalue weighted by Crippen LogP contribution is -2.29. The summed E-state index contributed by atoms with van der Waals surface area (Å²) in [7, 11) is -3.73. The van der Waals surface area contributed by atoms with Crippen molar-refractivity contribution < 1.29 is 22.7 Å². The standard InChI is InChI=1S/C22H25N3O5S/c1-14(11-21-24-17-5-3-4-6-20(17)31(27,28)25-21)12-22(26)23-15(2)16-7-8-18-19(13-16)30-10-9-29-18/h3-8,13-15H,9-12H2,1-2H3,(H,23,26)(H,24,25)/t14-,15+/m1/s1. The first kappa shape index (κ1) is 21.2. The van der Waals surface area contributed by atoms with Gasteiger partial charge in [-0.25, -0.2) is 0 Å². The molecule has 0 saturated carbocycles. The van der Waals surface area contributed by atoms with Crippen LogP contribution in [0.4, 0.5) is 5.69 Å². The van der Waals surface area contributed by atoms with Crippen molar-refractivity contribution in [2.24, 2.45) is 10.3 Å². The van der Waals surface area contributed by atoms with Crippen molar-refractivity contribution >= 4 is 27.5 Å². The minimum Gasteiger partial charge on any atom is -0.486 e. The van der Waals surface area contributed by atoms with Gasteiger partial charge in [0.2, 0.25) is 5.91 Å². The van der Waals surface area contributed by atoms with Gasteiger partial charge < -0.3 is 20.1 Å². The highest BCUT2D eigenvalue weighted by Crippen LogP contribution is 2.33. The van der Waals surface area contributed by atoms with Crippen LogP contribution in [-0.2, 0) is 14.8 Å². The van der Waals surface area contributed by atoms with E-state index in [1.807, 2.05) is 32.0 Å². The quantitative estimate of drug-likeness (QED) is 0.710. The van der Waals surface area contributed by atoms with Gasteiger partial charge >= 0.3 is 0 Å². The normalized spacial score (nSPS) is 18.1. The first-order chi connectivity index (χ1) is 14.8. The molecule has 0 unspecified atom stereocenters. The summed E-state index contributed by atoms with van der Waals surface area (Å²) in [5.41, 5.74) is 1.43. The molecular weight excluding hydrogens is 418 g/mol. The van der Waals surface area contributed by atoms with E-state index in [9.17, 15) is 13.2 Å². The fourth-order valence-corrected chi connectivity index (χ4v) is 4.84. The number of sulfonamides is 1. The van der Waals surface area contributed by atoms with Gasteiger partial charge in [0.05, 0.1) is 11.7 Å². The van der Waals surface area contributed by atoms with Gasteiger partial charge in [-0.1, -0.05) is 25.1 Å². The molecule has 164 valence electrons. The fraction of sp³-hybridized carbons (Fsp3) is 0.364. The van der Waals surface area contributed by atoms with Crippen LogP contribution in [0.3, 0.4) is 0 Å². The van der Waals surface area contributed by atoms with E-state index in [1.54, 1.807) is 18.2 Å². The third-order valence-electron chi connectivity index (χ3n) is 5.19. The number of amidine groups is 1. The number of benzene rings is 2. The van der Waals surface area contributed by atoms with Crippen LogP contribution >= 0.6 is 0 Å². The first-order valence-corrected chi connectivity index (χ1v) is 11.6. The van der Waals surface area contributed by atoms with Gasteiger partial charge in [0.1, 0.15) is 23.9 Å². The second-order valence-electron chi connectivity index (χ2n) is 7.84. The number of anilines is 1. The van der Waals surface area contributed by atoms with E-state index < -0.39 is 10.0 Å². The molecule has 4 rings (SSSR count). The summed E-state index contributed by atoms with van der Waals surface area (Å²) < 4.78 is 39.7. The summed E-state index contributed by atoms with van der Waals surface area (Å²) in [5, 5.41) is 6.05. The number of fused-ring (bicyclic) bond motifs is 2. The monoisotopic (exact) mass is 443 g/mol. The van der Waals surface area contributed by atoms with Crippen molar-refractivity contribution in [2.45, 2.75) is 37.6 Å². The van der Waals surface area contributed by atoms with Crippen LogP contribution in [0.2, 0.25) is 0 Å². The molecular formula is C22H25N3O5S. The summed E-state index contributed by atoms with van der Waals surface area (Å²) in [4.78, 5) is 12.7. The van der Waals surface area contributed by atoms with Crippen molar-refractivity contribution in [3.05, 3.63) is 48.0 Å². The predicted octanol–water partition coefficient (Wildman–Crippen LogP) is 3.26. The molecule has 2 N–H and O–H groups in total. The van der Waals surface area contributed by atoms with Crippen LogP contribution in [0.15, 0.2) is 51.8 Å². The number of carbonyl (C=O) groups is 1. The number of ether oxygens (including phenoxy) is 2. The second kappa shape index (κ2) is 8.58. The molecule has 2 atom stereocenters. The zero-order valence-electron chi connectivity index (χ0n) is 17.4. The van der Waals surface area contributed by atoms with Gasteiger partial charge in [0, 0.05) is 12.8 Å². The summed E-state index contributed by atoms with van der Waals surface area (Å²) in [6, 6.07) is 12.1. The van der Waals surface area contributed by atoms with Gasteiger partial charge in [0.25, 0.3) is 10.0 Å². The van der Waals surface area contributed by atoms with E-state index in [2.05, 4.69) is 15.0 Å². The Labute approximate surface area is 181 Å². The van der Waals surface area contributed by atoms with Gasteiger partial charge in [-0.05, 0) is 42.7 Å². The Morgan fingerprint density at radius 1 is 1.13 bits per heavy atom. The van der Waals surface area contributed by atoms with E-state index >= 15 is 0 Å². The van der Waals surface area contributed by atoms with Crippen molar-refractivity contribution in [3.8, 4) is 11.5 Å². The van der Waals surface area contributed by atoms with E-state index in [0.717, 1.165) is 5.56 Å². The van der Waals surface area contributed by atoms with Crippen LogP contribution in [-0.4, -0.2) is 33.4 Å². The smallest absolute Gasteiger partial charge is 0.286 e. The van der Waals surface area contributed by atoms with E-state index in [1.165, 1.54) is 6.07 Å². The highest BCUT2D eigenvalue weighted by atomic mass is 32.2. The average molecular weight is 444 g/mol. The summed E-state index contributed by atoms with van der Waals surface area (Å²) in [6.45, 7) is 4.84. The zero-order valence-corrected chi connectivity index (χ0v) is 18.2. The lowest BCUT2D eigenvalue weighted by Gasteiger charge is -2.22. The fourth-order valence-electron chi connectivity index (χ4n) is 3.69. The molecule has 2 aromatic rings. The summed E-state index contributed by atoms with van der Waals surface area (Å²) >= 11 is 0. The zero-order chi connectivity index (χ0) is 22.0. The second-order valence-corrected chi connectivity index (χ2v) is 9.41. The van der Waals surface area contributed by atoms with Crippen LogP contribution in [0.5, 0.6) is 11.5 Å². The molecule has 0 fully saturated rings. The number of hydrogen-bond donors (Lipinski definition) is 2. The third-order valence-corrected chi connectivity index (χ3v) is 6.57. The SMILES string of the molecule is C[C@@H](CC(=O)N[C@@H](C)c1ccc2c(c1)OCCO2)CC1=NS(=O)(=O)c2ccccc2N1. The summed E-state index contributed by atoms with van der Waals surface area (Å²) in [6.07, 6.45) is 0.594. The molecule has 0 aliphatic carbocycles. The van der Waals surface area contributed by atoms with E-state index in [-0.39, 0.29) is 29.2 Å². The number of rotatable bonds is 6. The first-order valence-electron chi connectivity index (χ1n) is 10.2. The molecule has 9 heteroatoms. The van der Waals surface area contributed by atoms with Gasteiger partial charge in [0.15, 0.2) is 11.5 Å². The number of amides is 1. The Morgan fingerprint density at radius 3 is 2.68 bits per heavy atom. The van der Waals surface area contributed by atoms with Gasteiger partial charge in [-0.3, -0.25) is 4.79 Å². The maximum atomic E-state index is 12.5. The molecule has 0 spiro atoms. The molecule has 1 amide bonds. The Balaban J connectivity index is 1.34. The van der Waals surface area contributed by atoms with Crippen molar-refractivity contribution in [3.63, 3.8) is 0 Å². The number of nitrogens with zero attached hydrogens (tertiary/aromatic N) is 1. The number of nitrogens with one attached hydrogen (secondary N) is 2. The minimum absolute atomic E-state index is 0.0980. The molecule has 2 aliphatic heterocycles. The van der Waals surface area contributed by atoms with Crippen molar-refractivity contribution in [1.29, 1.82) is 0 Å². The molecule has 2 aliphatic rings. The van der Waals surface area contributed by atoms with Gasteiger partial charge in [-0.2, -0.15) is 8.42 Å². The van der Waals surface area contributed by atoms with E-state index in [0.29, 0.717) is 42.7 Å². The number of hydrogen-bond acceptors (Lipinski definition) is 6. The van der Waals surface area contributed by atoms with Crippen molar-refractivity contribution in [2.75, 3.05) is 18.5 Å². The molecule has 31 heavy (non-hydrogen) atoms. The Morgan fingerprint density at radius 2 is 1.87 bits per heavy atom. The van der Waals surface area contributed by atoms with Crippen LogP contribution in [0.1, 0.15) is 38.3 Å². The Hall–Kier alpha value is -3.07. The predicted molar refractivity (Wildman–Crippen MR) is 117 cm³/mol. The Bertz CT molecular complexity index is 1130. The molecule has 0 aromatic heterocycles. The lowest BCUT2D eigenvalue weighted by molar-refractivity contribution is -0.122. The average Bonchev–Trinajstić information content (AvgIpc) is 2.72. The lowest BCUT2D eigenvalue weighted by atomic mass is 10.0. The molecule has 8 nitrogen and oxygen atoms in total. The highest BCUT2D eigenvalue weighted by molar-refractivity contribution is 7.90. The van der Waals surface area contributed by atoms with Crippen LogP contribution in [0.25, 0.3) is 0 Å². The maximum absolute atomic E-state index is 12.5. The summed E-state index contributed by atoms with van der Waals surface area (Å²) in [5.74, 6) is 1.52. The largest absolute Gasteiger partial charge is 0.486 e. The third kappa shape index (κ3) is 4.82. The van der Waals surface area contributed by atoms with Crippen LogP contribution < -0.4 is 20.1 Å². The van der Waals surface area contributed by atoms with Gasteiger partial charge in [-0.15, -0.1) is 4.40 Å². The molecule has 2 heterocycles. The number of carbonyl (C=O) groups excluding carboxylic acids is 1. The minimum atomic E-state index is -3.73. The van der Waals surface area contributed by atoms with Crippen LogP contribution in [0, 0.1) is 5.92 Å². The molecule has 0 saturated heterocycles. The highest BCUT2D eigenvalue weighted by Gasteiger charge is 2.25. The number of para-hydroxylation sites is 1. The van der Waals surface area contributed by atoms with E-state index in [4.69, 9.17) is 9.47 Å². The molecule has 0 radical (unpaired) electrons. The molecule has 0 bridgehead atoms. The molecule has 2 aromatic carbocycles.